The molecule has 1 atom stereocenters. The van der Waals surface area contributed by atoms with E-state index in [-0.39, 0.29) is 47.2 Å². The third kappa shape index (κ3) is 6.29. The lowest BCUT2D eigenvalue weighted by atomic mass is 10.1. The number of amides is 1. The van der Waals surface area contributed by atoms with Crippen LogP contribution in [0.5, 0.6) is 5.75 Å². The standard InChI is InChI=1S/C20H30N2O7S/c1-15(2)10-22(16-3-8-30(25,26)14-16)20(24)13-29-19-12-28-17(9-18(19)23)11-21-4-6-27-7-5-21/h9,12,15-16H,3-8,10-11,13-14H2,1-2H3. The Morgan fingerprint density at radius 3 is 2.67 bits per heavy atom. The van der Waals surface area contributed by atoms with E-state index in [9.17, 15) is 18.0 Å². The van der Waals surface area contributed by atoms with Crippen molar-refractivity contribution in [3.05, 3.63) is 28.3 Å². The molecule has 1 unspecified atom stereocenters. The third-order valence-corrected chi connectivity index (χ3v) is 6.97. The molecular formula is C20H30N2O7S. The fraction of sp³-hybridized carbons (Fsp3) is 0.700. The van der Waals surface area contributed by atoms with Crippen LogP contribution in [0.15, 0.2) is 21.5 Å². The van der Waals surface area contributed by atoms with Gasteiger partial charge in [-0.3, -0.25) is 14.5 Å². The van der Waals surface area contributed by atoms with Crippen molar-refractivity contribution in [1.82, 2.24) is 9.80 Å². The third-order valence-electron chi connectivity index (χ3n) is 5.22. The summed E-state index contributed by atoms with van der Waals surface area (Å²) < 4.78 is 39.9. The molecule has 1 aromatic heterocycles. The minimum Gasteiger partial charge on any atom is -0.477 e. The molecule has 10 heteroatoms. The van der Waals surface area contributed by atoms with E-state index >= 15 is 0 Å². The minimum absolute atomic E-state index is 0.0240. The van der Waals surface area contributed by atoms with Crippen molar-refractivity contribution in [3.63, 3.8) is 0 Å². The first-order chi connectivity index (χ1) is 14.2. The zero-order valence-corrected chi connectivity index (χ0v) is 18.4. The van der Waals surface area contributed by atoms with Gasteiger partial charge < -0.3 is 18.8 Å². The topological polar surface area (TPSA) is 106 Å². The maximum Gasteiger partial charge on any atom is 0.260 e. The van der Waals surface area contributed by atoms with Gasteiger partial charge in [-0.25, -0.2) is 8.42 Å². The first kappa shape index (κ1) is 22.8. The van der Waals surface area contributed by atoms with Crippen LogP contribution in [0.3, 0.4) is 0 Å². The van der Waals surface area contributed by atoms with Crippen molar-refractivity contribution in [1.29, 1.82) is 0 Å². The van der Waals surface area contributed by atoms with Crippen LogP contribution >= 0.6 is 0 Å². The van der Waals surface area contributed by atoms with E-state index < -0.39 is 9.84 Å². The lowest BCUT2D eigenvalue weighted by Gasteiger charge is -2.29. The van der Waals surface area contributed by atoms with Crippen molar-refractivity contribution in [2.75, 3.05) is 51.0 Å². The summed E-state index contributed by atoms with van der Waals surface area (Å²) in [5, 5.41) is 0. The number of sulfone groups is 1. The fourth-order valence-corrected chi connectivity index (χ4v) is 5.43. The van der Waals surface area contributed by atoms with E-state index in [0.717, 1.165) is 13.1 Å². The summed E-state index contributed by atoms with van der Waals surface area (Å²) in [5.74, 6) is 0.415. The van der Waals surface area contributed by atoms with Gasteiger partial charge in [0.1, 0.15) is 12.0 Å². The van der Waals surface area contributed by atoms with Crippen molar-refractivity contribution < 1.29 is 27.1 Å². The molecule has 2 aliphatic heterocycles. The highest BCUT2D eigenvalue weighted by molar-refractivity contribution is 7.91. The van der Waals surface area contributed by atoms with Gasteiger partial charge in [0.05, 0.1) is 31.3 Å². The predicted molar refractivity (Wildman–Crippen MR) is 110 cm³/mol. The van der Waals surface area contributed by atoms with Crippen LogP contribution in [0.2, 0.25) is 0 Å². The SMILES string of the molecule is CC(C)CN(C(=O)COc1coc(CN2CCOCC2)cc1=O)C1CCS(=O)(=O)C1. The molecule has 2 saturated heterocycles. The molecule has 1 amide bonds. The lowest BCUT2D eigenvalue weighted by molar-refractivity contribution is -0.135. The second kappa shape index (κ2) is 9.93. The van der Waals surface area contributed by atoms with E-state index in [1.165, 1.54) is 12.3 Å². The number of morpholine rings is 1. The Kier molecular flexibility index (Phi) is 7.54. The maximum absolute atomic E-state index is 12.7. The molecule has 0 saturated carbocycles. The van der Waals surface area contributed by atoms with Gasteiger partial charge in [-0.1, -0.05) is 13.8 Å². The van der Waals surface area contributed by atoms with Gasteiger partial charge in [0.15, 0.2) is 16.4 Å². The summed E-state index contributed by atoms with van der Waals surface area (Å²) in [7, 11) is -3.11. The summed E-state index contributed by atoms with van der Waals surface area (Å²) >= 11 is 0. The molecule has 1 aromatic rings. The molecule has 3 rings (SSSR count). The van der Waals surface area contributed by atoms with E-state index in [1.54, 1.807) is 4.90 Å². The summed E-state index contributed by atoms with van der Waals surface area (Å²) in [4.78, 5) is 28.8. The molecule has 168 valence electrons. The zero-order chi connectivity index (χ0) is 21.7. The molecule has 0 N–H and O–H groups in total. The largest absolute Gasteiger partial charge is 0.477 e. The highest BCUT2D eigenvalue weighted by Gasteiger charge is 2.35. The van der Waals surface area contributed by atoms with Crippen LogP contribution in [0.1, 0.15) is 26.0 Å². The van der Waals surface area contributed by atoms with Crippen molar-refractivity contribution >= 4 is 15.7 Å². The number of carbonyl (C=O) groups is 1. The normalized spacial score (nSPS) is 21.6. The molecule has 9 nitrogen and oxygen atoms in total. The number of hydrogen-bond donors (Lipinski definition) is 0. The summed E-state index contributed by atoms with van der Waals surface area (Å²) in [6, 6.07) is 1.03. The second-order valence-corrected chi connectivity index (χ2v) is 10.5. The monoisotopic (exact) mass is 442 g/mol. The zero-order valence-electron chi connectivity index (χ0n) is 17.5. The Hall–Kier alpha value is -1.91. The Labute approximate surface area is 176 Å². The van der Waals surface area contributed by atoms with Crippen LogP contribution in [0.4, 0.5) is 0 Å². The number of ether oxygens (including phenoxy) is 2. The molecule has 0 bridgehead atoms. The molecule has 0 aliphatic carbocycles. The first-order valence-electron chi connectivity index (χ1n) is 10.3. The Morgan fingerprint density at radius 2 is 2.07 bits per heavy atom. The van der Waals surface area contributed by atoms with Crippen molar-refractivity contribution in [2.24, 2.45) is 5.92 Å². The first-order valence-corrected chi connectivity index (χ1v) is 12.1. The predicted octanol–water partition coefficient (Wildman–Crippen LogP) is 0.523. The van der Waals surface area contributed by atoms with Gasteiger partial charge >= 0.3 is 0 Å². The summed E-state index contributed by atoms with van der Waals surface area (Å²) in [5.41, 5.74) is -0.351. The maximum atomic E-state index is 12.7. The Balaban J connectivity index is 1.59. The summed E-state index contributed by atoms with van der Waals surface area (Å²) in [6.07, 6.45) is 1.66. The number of hydrogen-bond acceptors (Lipinski definition) is 8. The molecular weight excluding hydrogens is 412 g/mol. The molecule has 30 heavy (non-hydrogen) atoms. The highest BCUT2D eigenvalue weighted by Crippen LogP contribution is 2.19. The van der Waals surface area contributed by atoms with E-state index in [4.69, 9.17) is 13.9 Å². The van der Waals surface area contributed by atoms with E-state index in [2.05, 4.69) is 4.90 Å². The van der Waals surface area contributed by atoms with Gasteiger partial charge in [-0.05, 0) is 12.3 Å². The van der Waals surface area contributed by atoms with Crippen LogP contribution in [0, 0.1) is 5.92 Å². The van der Waals surface area contributed by atoms with Crippen LogP contribution in [-0.2, 0) is 25.9 Å². The number of rotatable bonds is 8. The van der Waals surface area contributed by atoms with Gasteiger partial charge in [-0.15, -0.1) is 0 Å². The molecule has 0 spiro atoms. The Morgan fingerprint density at radius 1 is 1.33 bits per heavy atom. The molecule has 3 heterocycles. The minimum atomic E-state index is -3.11. The highest BCUT2D eigenvalue weighted by atomic mass is 32.2. The van der Waals surface area contributed by atoms with Gasteiger partial charge in [0.25, 0.3) is 5.91 Å². The second-order valence-electron chi connectivity index (χ2n) is 8.25. The lowest BCUT2D eigenvalue weighted by Crippen LogP contribution is -2.45. The van der Waals surface area contributed by atoms with Crippen molar-refractivity contribution in [3.8, 4) is 5.75 Å². The van der Waals surface area contributed by atoms with E-state index in [1.807, 2.05) is 13.8 Å². The van der Waals surface area contributed by atoms with Gasteiger partial charge in [0.2, 0.25) is 11.2 Å². The number of carbonyl (C=O) groups excluding carboxylic acids is 1. The van der Waals surface area contributed by atoms with Crippen LogP contribution in [0.25, 0.3) is 0 Å². The van der Waals surface area contributed by atoms with Crippen molar-refractivity contribution in [2.45, 2.75) is 32.9 Å². The molecule has 0 radical (unpaired) electrons. The smallest absolute Gasteiger partial charge is 0.260 e. The molecule has 2 aliphatic rings. The number of nitrogens with zero attached hydrogens (tertiary/aromatic N) is 2. The van der Waals surface area contributed by atoms with Gasteiger partial charge in [-0.2, -0.15) is 0 Å². The quantitative estimate of drug-likeness (QED) is 0.574. The van der Waals surface area contributed by atoms with Crippen LogP contribution in [-0.4, -0.2) is 81.1 Å². The molecule has 2 fully saturated rings. The fourth-order valence-electron chi connectivity index (χ4n) is 3.70. The van der Waals surface area contributed by atoms with Gasteiger partial charge in [0, 0.05) is 31.7 Å². The van der Waals surface area contributed by atoms with Crippen LogP contribution < -0.4 is 10.2 Å². The van der Waals surface area contributed by atoms with E-state index in [0.29, 0.717) is 38.5 Å². The summed E-state index contributed by atoms with van der Waals surface area (Å²) in [6.45, 7) is 7.41. The average molecular weight is 443 g/mol. The molecule has 0 aromatic carbocycles. The Bertz CT molecular complexity index is 891. The average Bonchev–Trinajstić information content (AvgIpc) is 3.05.